The van der Waals surface area contributed by atoms with Crippen molar-refractivity contribution in [2.75, 3.05) is 0 Å². The molecular formula is C9H11ClN2O4S. The molecule has 0 aliphatic rings. The smallest absolute Gasteiger partial charge is 0.258 e. The number of halogens is 1. The molecule has 0 aromatic heterocycles. The van der Waals surface area contributed by atoms with Crippen LogP contribution in [0.15, 0.2) is 23.1 Å². The molecule has 1 aromatic rings. The van der Waals surface area contributed by atoms with Gasteiger partial charge >= 0.3 is 0 Å². The largest absolute Gasteiger partial charge is 0.270 e. The van der Waals surface area contributed by atoms with Crippen LogP contribution in [0.3, 0.4) is 0 Å². The quantitative estimate of drug-likeness (QED) is 0.673. The van der Waals surface area contributed by atoms with Crippen LogP contribution in [-0.2, 0) is 10.0 Å². The molecule has 1 aromatic carbocycles. The number of nitro benzene ring substituents is 1. The predicted molar refractivity (Wildman–Crippen MR) is 63.6 cm³/mol. The molecule has 6 nitrogen and oxygen atoms in total. The van der Waals surface area contributed by atoms with Gasteiger partial charge in [-0.05, 0) is 19.9 Å². The molecule has 94 valence electrons. The fourth-order valence-electron chi connectivity index (χ4n) is 1.19. The summed E-state index contributed by atoms with van der Waals surface area (Å²) in [6.45, 7) is 3.28. The van der Waals surface area contributed by atoms with Crippen molar-refractivity contribution < 1.29 is 13.3 Å². The van der Waals surface area contributed by atoms with Crippen LogP contribution in [0.5, 0.6) is 0 Å². The standard InChI is InChI=1S/C9H11ClN2O4S/c1-6(2)11-17(15,16)9-5-7(12(13)14)3-4-8(9)10/h3-6,11H,1-2H3. The molecule has 8 heteroatoms. The van der Waals surface area contributed by atoms with Crippen molar-refractivity contribution in [2.24, 2.45) is 0 Å². The second-order valence-corrected chi connectivity index (χ2v) is 5.74. The maximum absolute atomic E-state index is 11.8. The summed E-state index contributed by atoms with van der Waals surface area (Å²) in [5.41, 5.74) is -0.321. The predicted octanol–water partition coefficient (Wildman–Crippen LogP) is 1.93. The van der Waals surface area contributed by atoms with E-state index in [-0.39, 0.29) is 21.6 Å². The Kier molecular flexibility index (Phi) is 4.07. The SMILES string of the molecule is CC(C)NS(=O)(=O)c1cc([N+](=O)[O-])ccc1Cl. The Balaban J connectivity index is 3.30. The second kappa shape index (κ2) is 4.99. The van der Waals surface area contributed by atoms with Crippen LogP contribution in [0.2, 0.25) is 5.02 Å². The minimum Gasteiger partial charge on any atom is -0.258 e. The van der Waals surface area contributed by atoms with Crippen molar-refractivity contribution >= 4 is 27.3 Å². The Bertz CT molecular complexity index is 542. The van der Waals surface area contributed by atoms with E-state index in [0.29, 0.717) is 0 Å². The van der Waals surface area contributed by atoms with Gasteiger partial charge in [0.25, 0.3) is 5.69 Å². The van der Waals surface area contributed by atoms with Gasteiger partial charge < -0.3 is 0 Å². The van der Waals surface area contributed by atoms with Crippen LogP contribution in [0.25, 0.3) is 0 Å². The Morgan fingerprint density at radius 1 is 1.41 bits per heavy atom. The maximum atomic E-state index is 11.8. The molecule has 0 saturated heterocycles. The third-order valence-electron chi connectivity index (χ3n) is 1.81. The second-order valence-electron chi connectivity index (χ2n) is 3.65. The summed E-state index contributed by atoms with van der Waals surface area (Å²) < 4.78 is 25.9. The van der Waals surface area contributed by atoms with E-state index in [2.05, 4.69) is 4.72 Å². The Morgan fingerprint density at radius 2 is 2.00 bits per heavy atom. The zero-order valence-electron chi connectivity index (χ0n) is 9.18. The van der Waals surface area contributed by atoms with E-state index < -0.39 is 14.9 Å². The number of hydrogen-bond acceptors (Lipinski definition) is 4. The number of nitrogens with zero attached hydrogens (tertiary/aromatic N) is 1. The molecule has 17 heavy (non-hydrogen) atoms. The number of sulfonamides is 1. The molecule has 0 aliphatic heterocycles. The van der Waals surface area contributed by atoms with Gasteiger partial charge in [-0.2, -0.15) is 0 Å². The van der Waals surface area contributed by atoms with Gasteiger partial charge in [0.1, 0.15) is 4.90 Å². The lowest BCUT2D eigenvalue weighted by atomic mass is 10.3. The molecule has 0 saturated carbocycles. The van der Waals surface area contributed by atoms with Crippen LogP contribution in [0.4, 0.5) is 5.69 Å². The number of non-ortho nitro benzene ring substituents is 1. The lowest BCUT2D eigenvalue weighted by Gasteiger charge is -2.10. The van der Waals surface area contributed by atoms with E-state index in [1.54, 1.807) is 13.8 Å². The molecule has 0 aliphatic carbocycles. The van der Waals surface area contributed by atoms with Gasteiger partial charge in [0.15, 0.2) is 0 Å². The molecule has 0 unspecified atom stereocenters. The highest BCUT2D eigenvalue weighted by molar-refractivity contribution is 7.89. The number of hydrogen-bond donors (Lipinski definition) is 1. The van der Waals surface area contributed by atoms with E-state index in [4.69, 9.17) is 11.6 Å². The van der Waals surface area contributed by atoms with Gasteiger partial charge in [-0.3, -0.25) is 10.1 Å². The normalized spacial score (nSPS) is 11.8. The van der Waals surface area contributed by atoms with E-state index in [1.165, 1.54) is 6.07 Å². The van der Waals surface area contributed by atoms with Crippen LogP contribution >= 0.6 is 11.6 Å². The molecule has 0 amide bonds. The first kappa shape index (κ1) is 13.9. The molecule has 1 N–H and O–H groups in total. The first-order valence-electron chi connectivity index (χ1n) is 4.70. The summed E-state index contributed by atoms with van der Waals surface area (Å²) in [7, 11) is -3.83. The number of benzene rings is 1. The minimum atomic E-state index is -3.83. The van der Waals surface area contributed by atoms with Crippen LogP contribution < -0.4 is 4.72 Å². The monoisotopic (exact) mass is 278 g/mol. The maximum Gasteiger partial charge on any atom is 0.270 e. The lowest BCUT2D eigenvalue weighted by Crippen LogP contribution is -2.30. The van der Waals surface area contributed by atoms with Crippen molar-refractivity contribution in [3.63, 3.8) is 0 Å². The van der Waals surface area contributed by atoms with E-state index in [0.717, 1.165) is 12.1 Å². The molecular weight excluding hydrogens is 268 g/mol. The number of nitro groups is 1. The van der Waals surface area contributed by atoms with Crippen LogP contribution in [0, 0.1) is 10.1 Å². The zero-order valence-corrected chi connectivity index (χ0v) is 10.7. The van der Waals surface area contributed by atoms with Gasteiger partial charge in [-0.1, -0.05) is 11.6 Å². The zero-order chi connectivity index (χ0) is 13.2. The summed E-state index contributed by atoms with van der Waals surface area (Å²) in [6, 6.07) is 2.95. The van der Waals surface area contributed by atoms with Gasteiger partial charge in [-0.25, -0.2) is 13.1 Å². The molecule has 0 atom stereocenters. The Hall–Kier alpha value is -1.18. The van der Waals surface area contributed by atoms with E-state index in [9.17, 15) is 18.5 Å². The first-order valence-corrected chi connectivity index (χ1v) is 6.56. The fraction of sp³-hybridized carbons (Fsp3) is 0.333. The van der Waals surface area contributed by atoms with Gasteiger partial charge in [0, 0.05) is 18.2 Å². The van der Waals surface area contributed by atoms with Crippen molar-refractivity contribution in [1.82, 2.24) is 4.72 Å². The lowest BCUT2D eigenvalue weighted by molar-refractivity contribution is -0.385. The van der Waals surface area contributed by atoms with E-state index >= 15 is 0 Å². The average Bonchev–Trinajstić information content (AvgIpc) is 2.15. The highest BCUT2D eigenvalue weighted by atomic mass is 35.5. The summed E-state index contributed by atoms with van der Waals surface area (Å²) >= 11 is 5.73. The summed E-state index contributed by atoms with van der Waals surface area (Å²) in [5.74, 6) is 0. The molecule has 0 bridgehead atoms. The Morgan fingerprint density at radius 3 is 2.47 bits per heavy atom. The van der Waals surface area contributed by atoms with Gasteiger partial charge in [0.05, 0.1) is 9.95 Å². The Labute approximate surface area is 104 Å². The molecule has 0 fully saturated rings. The minimum absolute atomic E-state index is 0.0521. The van der Waals surface area contributed by atoms with Crippen molar-refractivity contribution in [1.29, 1.82) is 0 Å². The third-order valence-corrected chi connectivity index (χ3v) is 3.95. The molecule has 0 heterocycles. The number of rotatable bonds is 4. The third kappa shape index (κ3) is 3.39. The number of nitrogens with one attached hydrogen (secondary N) is 1. The summed E-state index contributed by atoms with van der Waals surface area (Å²) in [5, 5.41) is 10.5. The van der Waals surface area contributed by atoms with Gasteiger partial charge in [0.2, 0.25) is 10.0 Å². The van der Waals surface area contributed by atoms with Crippen LogP contribution in [0.1, 0.15) is 13.8 Å². The molecule has 0 spiro atoms. The van der Waals surface area contributed by atoms with Crippen molar-refractivity contribution in [3.05, 3.63) is 33.3 Å². The van der Waals surface area contributed by atoms with Crippen molar-refractivity contribution in [2.45, 2.75) is 24.8 Å². The first-order chi connectivity index (χ1) is 7.74. The topological polar surface area (TPSA) is 89.3 Å². The average molecular weight is 279 g/mol. The van der Waals surface area contributed by atoms with Crippen LogP contribution in [-0.4, -0.2) is 19.4 Å². The fourth-order valence-corrected chi connectivity index (χ4v) is 2.96. The highest BCUT2D eigenvalue weighted by Crippen LogP contribution is 2.26. The highest BCUT2D eigenvalue weighted by Gasteiger charge is 2.22. The molecule has 0 radical (unpaired) electrons. The summed E-state index contributed by atoms with van der Waals surface area (Å²) in [6.07, 6.45) is 0. The van der Waals surface area contributed by atoms with Crippen molar-refractivity contribution in [3.8, 4) is 0 Å². The summed E-state index contributed by atoms with van der Waals surface area (Å²) in [4.78, 5) is 9.60. The van der Waals surface area contributed by atoms with Gasteiger partial charge in [-0.15, -0.1) is 0 Å². The van der Waals surface area contributed by atoms with E-state index in [1.807, 2.05) is 0 Å². The molecule has 1 rings (SSSR count).